The van der Waals surface area contributed by atoms with E-state index in [1.165, 1.54) is 16.3 Å². The van der Waals surface area contributed by atoms with Crippen molar-refractivity contribution in [3.05, 3.63) is 87.1 Å². The van der Waals surface area contributed by atoms with Crippen molar-refractivity contribution in [3.63, 3.8) is 0 Å². The van der Waals surface area contributed by atoms with Crippen molar-refractivity contribution in [1.82, 2.24) is 19.7 Å². The molecule has 33 heavy (non-hydrogen) atoms. The molecule has 0 N–H and O–H groups in total. The van der Waals surface area contributed by atoms with Crippen LogP contribution in [0.3, 0.4) is 0 Å². The quantitative estimate of drug-likeness (QED) is 0.576. The van der Waals surface area contributed by atoms with Crippen LogP contribution in [-0.2, 0) is 22.5 Å². The number of amides is 1. The monoisotopic (exact) mass is 448 g/mol. The van der Waals surface area contributed by atoms with E-state index in [1.54, 1.807) is 25.0 Å². The van der Waals surface area contributed by atoms with Crippen LogP contribution in [0.2, 0.25) is 0 Å². The van der Waals surface area contributed by atoms with Gasteiger partial charge in [0.05, 0.1) is 31.6 Å². The third-order valence-electron chi connectivity index (χ3n) is 5.63. The van der Waals surface area contributed by atoms with Crippen LogP contribution in [0.5, 0.6) is 5.75 Å². The normalized spacial score (nSPS) is 16.0. The molecule has 0 radical (unpaired) electrons. The summed E-state index contributed by atoms with van der Waals surface area (Å²) in [7, 11) is 1.65. The molecule has 8 heteroatoms. The molecule has 0 bridgehead atoms. The van der Waals surface area contributed by atoms with Crippen molar-refractivity contribution in [1.29, 1.82) is 0 Å². The maximum atomic E-state index is 12.9. The van der Waals surface area contributed by atoms with Crippen LogP contribution in [0.15, 0.2) is 53.3 Å². The van der Waals surface area contributed by atoms with Crippen LogP contribution < -0.4 is 10.3 Å². The predicted molar refractivity (Wildman–Crippen MR) is 123 cm³/mol. The summed E-state index contributed by atoms with van der Waals surface area (Å²) in [6, 6.07) is 15.2. The molecule has 1 atom stereocenters. The molecule has 3 aromatic rings. The highest BCUT2D eigenvalue weighted by Crippen LogP contribution is 2.24. The van der Waals surface area contributed by atoms with Crippen LogP contribution in [0.1, 0.15) is 34.3 Å². The van der Waals surface area contributed by atoms with Crippen LogP contribution >= 0.6 is 0 Å². The molecule has 8 nitrogen and oxygen atoms in total. The van der Waals surface area contributed by atoms with E-state index in [0.717, 1.165) is 29.1 Å². The number of aromatic nitrogens is 3. The number of hydrogen-bond acceptors (Lipinski definition) is 6. The minimum absolute atomic E-state index is 0.0861. The van der Waals surface area contributed by atoms with Gasteiger partial charge in [0.15, 0.2) is 0 Å². The first kappa shape index (κ1) is 22.7. The number of pyridine rings is 1. The summed E-state index contributed by atoms with van der Waals surface area (Å²) in [6.07, 6.45) is 0.442. The number of morpholine rings is 1. The standard InChI is InChI=1S/C25H28N4O4/c1-17-4-9-24(30)29(27-17)16-25(31)28-10-11-33-23(15-28)22-14-20(12-18(2)26-22)13-19-5-7-21(32-3)8-6-19/h4-9,12,14,23H,10-11,13,15-16H2,1-3H3/t23-/m0/s1. The van der Waals surface area contributed by atoms with Crippen molar-refractivity contribution in [2.24, 2.45) is 0 Å². The van der Waals surface area contributed by atoms with E-state index >= 15 is 0 Å². The molecule has 1 aliphatic rings. The van der Waals surface area contributed by atoms with Crippen molar-refractivity contribution < 1.29 is 14.3 Å². The average Bonchev–Trinajstić information content (AvgIpc) is 2.81. The van der Waals surface area contributed by atoms with Gasteiger partial charge in [0.25, 0.3) is 5.56 Å². The third-order valence-corrected chi connectivity index (χ3v) is 5.63. The molecule has 0 aliphatic carbocycles. The Hall–Kier alpha value is -3.52. The van der Waals surface area contributed by atoms with Gasteiger partial charge < -0.3 is 14.4 Å². The maximum absolute atomic E-state index is 12.9. The van der Waals surface area contributed by atoms with E-state index < -0.39 is 0 Å². The van der Waals surface area contributed by atoms with Crippen molar-refractivity contribution in [3.8, 4) is 5.75 Å². The fourth-order valence-corrected chi connectivity index (χ4v) is 3.96. The number of aryl methyl sites for hydroxylation is 2. The van der Waals surface area contributed by atoms with Crippen LogP contribution in [0.25, 0.3) is 0 Å². The maximum Gasteiger partial charge on any atom is 0.267 e. The largest absolute Gasteiger partial charge is 0.497 e. The molecule has 2 aromatic heterocycles. The first-order valence-electron chi connectivity index (χ1n) is 11.0. The van der Waals surface area contributed by atoms with Gasteiger partial charge in [-0.3, -0.25) is 14.6 Å². The lowest BCUT2D eigenvalue weighted by Crippen LogP contribution is -2.45. The van der Waals surface area contributed by atoms with Gasteiger partial charge in [-0.05, 0) is 61.7 Å². The fraction of sp³-hybridized carbons (Fsp3) is 0.360. The Kier molecular flexibility index (Phi) is 6.84. The molecule has 172 valence electrons. The molecule has 3 heterocycles. The number of benzene rings is 1. The lowest BCUT2D eigenvalue weighted by Gasteiger charge is -2.33. The van der Waals surface area contributed by atoms with E-state index in [1.807, 2.05) is 37.3 Å². The van der Waals surface area contributed by atoms with E-state index in [0.29, 0.717) is 25.4 Å². The molecule has 0 spiro atoms. The molecule has 4 rings (SSSR count). The van der Waals surface area contributed by atoms with Crippen molar-refractivity contribution in [2.45, 2.75) is 32.9 Å². The first-order chi connectivity index (χ1) is 15.9. The van der Waals surface area contributed by atoms with Crippen molar-refractivity contribution in [2.75, 3.05) is 26.8 Å². The minimum atomic E-state index is -0.320. The Morgan fingerprint density at radius 1 is 1.09 bits per heavy atom. The molecule has 1 fully saturated rings. The van der Waals surface area contributed by atoms with E-state index in [4.69, 9.17) is 9.47 Å². The smallest absolute Gasteiger partial charge is 0.267 e. The number of carbonyl (C=O) groups is 1. The number of rotatable bonds is 6. The summed E-state index contributed by atoms with van der Waals surface area (Å²) >= 11 is 0. The molecular formula is C25H28N4O4. The van der Waals surface area contributed by atoms with E-state index in [9.17, 15) is 9.59 Å². The average molecular weight is 449 g/mol. The van der Waals surface area contributed by atoms with Gasteiger partial charge in [0.2, 0.25) is 5.91 Å². The van der Waals surface area contributed by atoms with Gasteiger partial charge in [-0.1, -0.05) is 12.1 Å². The number of carbonyl (C=O) groups excluding carboxylic acids is 1. The Labute approximate surface area is 192 Å². The van der Waals surface area contributed by atoms with Crippen LogP contribution in [-0.4, -0.2) is 52.4 Å². The molecule has 0 unspecified atom stereocenters. The van der Waals surface area contributed by atoms with Gasteiger partial charge in [-0.15, -0.1) is 0 Å². The SMILES string of the molecule is COc1ccc(Cc2cc(C)nc([C@@H]3CN(C(=O)Cn4nc(C)ccc4=O)CCO3)c2)cc1. The Morgan fingerprint density at radius 2 is 1.88 bits per heavy atom. The molecule has 1 saturated heterocycles. The van der Waals surface area contributed by atoms with Crippen LogP contribution in [0, 0.1) is 13.8 Å². The fourth-order valence-electron chi connectivity index (χ4n) is 3.96. The summed E-state index contributed by atoms with van der Waals surface area (Å²) in [5, 5.41) is 4.16. The Balaban J connectivity index is 1.47. The minimum Gasteiger partial charge on any atom is -0.497 e. The number of hydrogen-bond donors (Lipinski definition) is 0. The topological polar surface area (TPSA) is 86.5 Å². The Morgan fingerprint density at radius 3 is 2.64 bits per heavy atom. The van der Waals surface area contributed by atoms with E-state index in [2.05, 4.69) is 16.1 Å². The molecule has 1 amide bonds. The molecule has 0 saturated carbocycles. The lowest BCUT2D eigenvalue weighted by molar-refractivity contribution is -0.140. The number of methoxy groups -OCH3 is 1. The van der Waals surface area contributed by atoms with Gasteiger partial charge in [0.1, 0.15) is 18.4 Å². The summed E-state index contributed by atoms with van der Waals surface area (Å²) in [6.45, 7) is 4.94. The number of ether oxygens (including phenoxy) is 2. The highest BCUT2D eigenvalue weighted by molar-refractivity contribution is 5.76. The zero-order valence-corrected chi connectivity index (χ0v) is 19.2. The number of nitrogens with zero attached hydrogens (tertiary/aromatic N) is 4. The third kappa shape index (κ3) is 5.64. The van der Waals surface area contributed by atoms with Crippen molar-refractivity contribution >= 4 is 5.91 Å². The second kappa shape index (κ2) is 9.95. The highest BCUT2D eigenvalue weighted by atomic mass is 16.5. The van der Waals surface area contributed by atoms with E-state index in [-0.39, 0.29) is 24.1 Å². The summed E-state index contributed by atoms with van der Waals surface area (Å²) in [4.78, 5) is 31.3. The first-order valence-corrected chi connectivity index (χ1v) is 11.0. The predicted octanol–water partition coefficient (Wildman–Crippen LogP) is 2.45. The second-order valence-corrected chi connectivity index (χ2v) is 8.24. The van der Waals surface area contributed by atoms with Crippen LogP contribution in [0.4, 0.5) is 0 Å². The van der Waals surface area contributed by atoms with Gasteiger partial charge in [0, 0.05) is 18.3 Å². The lowest BCUT2D eigenvalue weighted by atomic mass is 10.0. The zero-order valence-electron chi connectivity index (χ0n) is 19.2. The summed E-state index contributed by atoms with van der Waals surface area (Å²) in [5.41, 5.74) is 4.41. The second-order valence-electron chi connectivity index (χ2n) is 8.24. The molecule has 1 aromatic carbocycles. The zero-order chi connectivity index (χ0) is 23.4. The summed E-state index contributed by atoms with van der Waals surface area (Å²) < 4.78 is 12.4. The van der Waals surface area contributed by atoms with Gasteiger partial charge in [-0.25, -0.2) is 4.68 Å². The van der Waals surface area contributed by atoms with Gasteiger partial charge in [-0.2, -0.15) is 5.10 Å². The Bertz CT molecular complexity index is 1190. The van der Waals surface area contributed by atoms with Gasteiger partial charge >= 0.3 is 0 Å². The highest BCUT2D eigenvalue weighted by Gasteiger charge is 2.27. The molecular weight excluding hydrogens is 420 g/mol. The molecule has 1 aliphatic heterocycles. The summed E-state index contributed by atoms with van der Waals surface area (Å²) in [5.74, 6) is 0.670.